The molecule has 2 heterocycles. The fourth-order valence-electron chi connectivity index (χ4n) is 2.38. The molecule has 0 unspecified atom stereocenters. The number of aromatic nitrogens is 1. The molecule has 1 aliphatic rings. The van der Waals surface area contributed by atoms with Gasteiger partial charge >= 0.3 is 0 Å². The average molecular weight is 261 g/mol. The molecule has 19 heavy (non-hydrogen) atoms. The largest absolute Gasteiger partial charge is 0.371 e. The number of pyridine rings is 1. The van der Waals surface area contributed by atoms with Gasteiger partial charge in [-0.15, -0.1) is 0 Å². The van der Waals surface area contributed by atoms with E-state index in [1.165, 1.54) is 31.6 Å². The van der Waals surface area contributed by atoms with E-state index in [0.29, 0.717) is 0 Å². The molecule has 0 spiro atoms. The second-order valence-electron chi connectivity index (χ2n) is 6.78. The molecule has 2 rings (SSSR count). The SMILES string of the molecule is CC1CCN(c2ccnc(CNC(C)(C)C)c2)CC1. The molecule has 1 fully saturated rings. The number of nitrogens with one attached hydrogen (secondary N) is 1. The summed E-state index contributed by atoms with van der Waals surface area (Å²) in [4.78, 5) is 6.95. The van der Waals surface area contributed by atoms with Crippen LogP contribution in [0.25, 0.3) is 0 Å². The van der Waals surface area contributed by atoms with Gasteiger partial charge in [-0.1, -0.05) is 6.92 Å². The highest BCUT2D eigenvalue weighted by atomic mass is 15.1. The molecular weight excluding hydrogens is 234 g/mol. The summed E-state index contributed by atoms with van der Waals surface area (Å²) in [6.07, 6.45) is 4.54. The van der Waals surface area contributed by atoms with Gasteiger partial charge in [0.1, 0.15) is 0 Å². The molecule has 3 nitrogen and oxygen atoms in total. The van der Waals surface area contributed by atoms with Gasteiger partial charge < -0.3 is 10.2 Å². The molecule has 0 saturated carbocycles. The number of nitrogens with zero attached hydrogens (tertiary/aromatic N) is 2. The van der Waals surface area contributed by atoms with Crippen molar-refractivity contribution in [3.8, 4) is 0 Å². The van der Waals surface area contributed by atoms with Crippen molar-refractivity contribution >= 4 is 5.69 Å². The lowest BCUT2D eigenvalue weighted by molar-refractivity contribution is 0.420. The smallest absolute Gasteiger partial charge is 0.0562 e. The molecule has 0 radical (unpaired) electrons. The van der Waals surface area contributed by atoms with E-state index in [9.17, 15) is 0 Å². The number of hydrogen-bond acceptors (Lipinski definition) is 3. The third-order valence-electron chi connectivity index (χ3n) is 3.75. The van der Waals surface area contributed by atoms with Crippen LogP contribution in [0.1, 0.15) is 46.2 Å². The second-order valence-corrected chi connectivity index (χ2v) is 6.78. The predicted octanol–water partition coefficient (Wildman–Crippen LogP) is 3.21. The number of hydrogen-bond donors (Lipinski definition) is 1. The molecule has 0 aliphatic carbocycles. The molecule has 1 saturated heterocycles. The molecule has 0 aromatic carbocycles. The summed E-state index contributed by atoms with van der Waals surface area (Å²) in [5.74, 6) is 0.875. The lowest BCUT2D eigenvalue weighted by Gasteiger charge is -2.32. The van der Waals surface area contributed by atoms with Gasteiger partial charge in [-0.25, -0.2) is 0 Å². The van der Waals surface area contributed by atoms with Crippen LogP contribution >= 0.6 is 0 Å². The lowest BCUT2D eigenvalue weighted by atomic mass is 9.99. The second kappa shape index (κ2) is 5.91. The van der Waals surface area contributed by atoms with Gasteiger partial charge in [-0.05, 0) is 51.7 Å². The number of rotatable bonds is 3. The maximum atomic E-state index is 4.46. The van der Waals surface area contributed by atoms with Gasteiger partial charge in [-0.2, -0.15) is 0 Å². The molecular formula is C16H27N3. The van der Waals surface area contributed by atoms with Crippen molar-refractivity contribution in [2.45, 2.75) is 52.6 Å². The summed E-state index contributed by atoms with van der Waals surface area (Å²) in [6.45, 7) is 12.1. The normalized spacial score (nSPS) is 17.8. The van der Waals surface area contributed by atoms with E-state index in [2.05, 4.69) is 55.0 Å². The molecule has 1 aromatic heterocycles. The summed E-state index contributed by atoms with van der Waals surface area (Å²) in [5.41, 5.74) is 2.59. The van der Waals surface area contributed by atoms with Crippen molar-refractivity contribution < 1.29 is 0 Å². The zero-order valence-corrected chi connectivity index (χ0v) is 12.7. The summed E-state index contributed by atoms with van der Waals surface area (Å²) in [6, 6.07) is 4.37. The zero-order valence-electron chi connectivity index (χ0n) is 12.7. The maximum absolute atomic E-state index is 4.46. The van der Waals surface area contributed by atoms with Gasteiger partial charge in [0.2, 0.25) is 0 Å². The van der Waals surface area contributed by atoms with Crippen molar-refractivity contribution in [3.63, 3.8) is 0 Å². The zero-order chi connectivity index (χ0) is 13.9. The van der Waals surface area contributed by atoms with Gasteiger partial charge in [0.05, 0.1) is 5.69 Å². The van der Waals surface area contributed by atoms with Gasteiger partial charge in [0.25, 0.3) is 0 Å². The Bertz CT molecular complexity index is 401. The Morgan fingerprint density at radius 1 is 1.32 bits per heavy atom. The van der Waals surface area contributed by atoms with Gasteiger partial charge in [0, 0.05) is 37.1 Å². The molecule has 1 aliphatic heterocycles. The predicted molar refractivity (Wildman–Crippen MR) is 81.4 cm³/mol. The van der Waals surface area contributed by atoms with E-state index in [-0.39, 0.29) is 5.54 Å². The van der Waals surface area contributed by atoms with E-state index < -0.39 is 0 Å². The minimum Gasteiger partial charge on any atom is -0.371 e. The van der Waals surface area contributed by atoms with Crippen LogP contribution in [0.2, 0.25) is 0 Å². The topological polar surface area (TPSA) is 28.2 Å². The summed E-state index contributed by atoms with van der Waals surface area (Å²) in [7, 11) is 0. The minimum atomic E-state index is 0.137. The number of piperidine rings is 1. The summed E-state index contributed by atoms with van der Waals surface area (Å²) in [5, 5.41) is 3.49. The molecule has 106 valence electrons. The average Bonchev–Trinajstić information content (AvgIpc) is 2.37. The third-order valence-corrected chi connectivity index (χ3v) is 3.75. The first-order valence-electron chi connectivity index (χ1n) is 7.39. The first-order chi connectivity index (χ1) is 8.94. The molecule has 0 atom stereocenters. The van der Waals surface area contributed by atoms with Crippen LogP contribution in [-0.4, -0.2) is 23.6 Å². The van der Waals surface area contributed by atoms with Crippen LogP contribution in [0.5, 0.6) is 0 Å². The third kappa shape index (κ3) is 4.50. The maximum Gasteiger partial charge on any atom is 0.0562 e. The lowest BCUT2D eigenvalue weighted by Crippen LogP contribution is -2.35. The van der Waals surface area contributed by atoms with Crippen LogP contribution in [0.4, 0.5) is 5.69 Å². The highest BCUT2D eigenvalue weighted by Crippen LogP contribution is 2.23. The summed E-state index contributed by atoms with van der Waals surface area (Å²) >= 11 is 0. The first-order valence-corrected chi connectivity index (χ1v) is 7.39. The molecule has 0 amide bonds. The Balaban J connectivity index is 1.99. The van der Waals surface area contributed by atoms with Gasteiger partial charge in [0.15, 0.2) is 0 Å². The van der Waals surface area contributed by atoms with Crippen LogP contribution in [-0.2, 0) is 6.54 Å². The highest BCUT2D eigenvalue weighted by molar-refractivity contribution is 5.46. The van der Waals surface area contributed by atoms with Crippen LogP contribution < -0.4 is 10.2 Å². The van der Waals surface area contributed by atoms with Gasteiger partial charge in [-0.3, -0.25) is 4.98 Å². The van der Waals surface area contributed by atoms with Crippen molar-refractivity contribution in [3.05, 3.63) is 24.0 Å². The van der Waals surface area contributed by atoms with Crippen molar-refractivity contribution in [1.29, 1.82) is 0 Å². The van der Waals surface area contributed by atoms with Crippen LogP contribution in [0.3, 0.4) is 0 Å². The Morgan fingerprint density at radius 2 is 2.00 bits per heavy atom. The Kier molecular flexibility index (Phi) is 4.46. The van der Waals surface area contributed by atoms with Crippen molar-refractivity contribution in [1.82, 2.24) is 10.3 Å². The standard InChI is InChI=1S/C16H27N3/c1-13-6-9-19(10-7-13)15-5-8-17-14(11-15)12-18-16(2,3)4/h5,8,11,13,18H,6-7,9-10,12H2,1-4H3. The van der Waals surface area contributed by atoms with Crippen molar-refractivity contribution in [2.24, 2.45) is 5.92 Å². The van der Waals surface area contributed by atoms with E-state index >= 15 is 0 Å². The monoisotopic (exact) mass is 261 g/mol. The fourth-order valence-corrected chi connectivity index (χ4v) is 2.38. The van der Waals surface area contributed by atoms with E-state index in [4.69, 9.17) is 0 Å². The molecule has 3 heteroatoms. The Morgan fingerprint density at radius 3 is 2.63 bits per heavy atom. The van der Waals surface area contributed by atoms with Crippen LogP contribution in [0, 0.1) is 5.92 Å². The number of anilines is 1. The quantitative estimate of drug-likeness (QED) is 0.905. The first kappa shape index (κ1) is 14.3. The Labute approximate surface area is 117 Å². The van der Waals surface area contributed by atoms with Crippen molar-refractivity contribution in [2.75, 3.05) is 18.0 Å². The highest BCUT2D eigenvalue weighted by Gasteiger charge is 2.16. The summed E-state index contributed by atoms with van der Waals surface area (Å²) < 4.78 is 0. The van der Waals surface area contributed by atoms with Crippen LogP contribution in [0.15, 0.2) is 18.3 Å². The van der Waals surface area contributed by atoms with E-state index in [1.807, 2.05) is 6.20 Å². The molecule has 0 bridgehead atoms. The van der Waals surface area contributed by atoms with E-state index in [0.717, 1.165) is 18.2 Å². The fraction of sp³-hybridized carbons (Fsp3) is 0.688. The molecule has 1 aromatic rings. The Hall–Kier alpha value is -1.09. The van der Waals surface area contributed by atoms with E-state index in [1.54, 1.807) is 0 Å². The molecule has 1 N–H and O–H groups in total. The minimum absolute atomic E-state index is 0.137.